The molecule has 118 valence electrons. The summed E-state index contributed by atoms with van der Waals surface area (Å²) in [5.74, 6) is 0.638. The molecule has 0 spiro atoms. The van der Waals surface area contributed by atoms with E-state index in [2.05, 4.69) is 9.97 Å². The molecule has 5 heteroatoms. The van der Waals surface area contributed by atoms with E-state index in [1.54, 1.807) is 30.4 Å². The molecule has 1 heterocycles. The molecule has 0 saturated heterocycles. The molecule has 0 fully saturated rings. The maximum Gasteiger partial charge on any atom is 0.250 e. The quantitative estimate of drug-likeness (QED) is 0.858. The maximum absolute atomic E-state index is 12.8. The Bertz CT molecular complexity index is 713. The third-order valence-electron chi connectivity index (χ3n) is 4.04. The Balaban J connectivity index is 1.97. The summed E-state index contributed by atoms with van der Waals surface area (Å²) in [5.41, 5.74) is 1.82. The first-order chi connectivity index (χ1) is 11.2. The van der Waals surface area contributed by atoms with Crippen LogP contribution in [0.1, 0.15) is 36.7 Å². The van der Waals surface area contributed by atoms with Crippen LogP contribution >= 0.6 is 11.6 Å². The Kier molecular flexibility index (Phi) is 4.72. The van der Waals surface area contributed by atoms with Crippen LogP contribution in [0.15, 0.2) is 54.4 Å². The van der Waals surface area contributed by atoms with Crippen LogP contribution in [0, 0.1) is 0 Å². The number of carbonyl (C=O) groups excluding carboxylic acids is 1. The van der Waals surface area contributed by atoms with Gasteiger partial charge in [0.05, 0.1) is 0 Å². The second-order valence-electron chi connectivity index (χ2n) is 5.60. The lowest BCUT2D eigenvalue weighted by molar-refractivity contribution is -0.127. The molecule has 4 nitrogen and oxygen atoms in total. The van der Waals surface area contributed by atoms with Crippen molar-refractivity contribution in [1.82, 2.24) is 14.9 Å². The van der Waals surface area contributed by atoms with E-state index in [4.69, 9.17) is 11.6 Å². The lowest BCUT2D eigenvalue weighted by atomic mass is 10.0. The number of carbonyl (C=O) groups is 1. The smallest absolute Gasteiger partial charge is 0.250 e. The monoisotopic (exact) mass is 327 g/mol. The second-order valence-corrected chi connectivity index (χ2v) is 6.04. The minimum Gasteiger partial charge on any atom is -0.328 e. The zero-order valence-corrected chi connectivity index (χ0v) is 13.7. The van der Waals surface area contributed by atoms with Crippen LogP contribution in [0.2, 0.25) is 5.02 Å². The molecular weight excluding hydrogens is 310 g/mol. The van der Waals surface area contributed by atoms with E-state index in [0.29, 0.717) is 10.8 Å². The van der Waals surface area contributed by atoms with Crippen molar-refractivity contribution in [3.05, 3.63) is 70.8 Å². The van der Waals surface area contributed by atoms with Gasteiger partial charge in [-0.1, -0.05) is 29.8 Å². The molecule has 23 heavy (non-hydrogen) atoms. The second kappa shape index (κ2) is 6.92. The highest BCUT2D eigenvalue weighted by atomic mass is 35.5. The average molecular weight is 328 g/mol. The van der Waals surface area contributed by atoms with E-state index < -0.39 is 0 Å². The van der Waals surface area contributed by atoms with E-state index in [-0.39, 0.29) is 11.9 Å². The van der Waals surface area contributed by atoms with Gasteiger partial charge < -0.3 is 4.90 Å². The minimum atomic E-state index is -0.331. The van der Waals surface area contributed by atoms with Crippen molar-refractivity contribution in [3.63, 3.8) is 0 Å². The van der Waals surface area contributed by atoms with Crippen molar-refractivity contribution in [2.45, 2.75) is 25.3 Å². The summed E-state index contributed by atoms with van der Waals surface area (Å²) in [6.07, 6.45) is 8.28. The molecule has 1 atom stereocenters. The molecule has 0 bridgehead atoms. The van der Waals surface area contributed by atoms with E-state index in [9.17, 15) is 4.79 Å². The third-order valence-corrected chi connectivity index (χ3v) is 4.29. The molecule has 2 aromatic rings. The van der Waals surface area contributed by atoms with Crippen molar-refractivity contribution in [2.75, 3.05) is 7.05 Å². The highest BCUT2D eigenvalue weighted by molar-refractivity contribution is 6.30. The number of halogens is 1. The Hall–Kier alpha value is -2.20. The summed E-state index contributed by atoms with van der Waals surface area (Å²) in [6, 6.07) is 8.90. The van der Waals surface area contributed by atoms with Gasteiger partial charge in [-0.05, 0) is 43.0 Å². The minimum absolute atomic E-state index is 0.0369. The summed E-state index contributed by atoms with van der Waals surface area (Å²) >= 11 is 5.99. The van der Waals surface area contributed by atoms with E-state index in [1.165, 1.54) is 0 Å². The van der Waals surface area contributed by atoms with E-state index >= 15 is 0 Å². The van der Waals surface area contributed by atoms with Gasteiger partial charge in [0.25, 0.3) is 0 Å². The average Bonchev–Trinajstić information content (AvgIpc) is 3.11. The summed E-state index contributed by atoms with van der Waals surface area (Å²) in [7, 11) is 1.80. The molecule has 3 rings (SSSR count). The molecule has 1 aromatic carbocycles. The summed E-state index contributed by atoms with van der Waals surface area (Å²) < 4.78 is 0. The van der Waals surface area contributed by atoms with Crippen LogP contribution in [-0.2, 0) is 4.79 Å². The molecular formula is C18H18ClN3O. The van der Waals surface area contributed by atoms with Gasteiger partial charge in [0, 0.05) is 30.0 Å². The Morgan fingerprint density at radius 1 is 1.22 bits per heavy atom. The number of hydrogen-bond acceptors (Lipinski definition) is 3. The van der Waals surface area contributed by atoms with Crippen molar-refractivity contribution >= 4 is 17.5 Å². The highest BCUT2D eigenvalue weighted by Crippen LogP contribution is 2.29. The SMILES string of the molecule is CN(C(=O)C1=CCCC1)[C@@H](c1ccc(Cl)cc1)c1ncccn1. The molecule has 1 aromatic heterocycles. The van der Waals surface area contributed by atoms with Crippen LogP contribution in [0.3, 0.4) is 0 Å². The fourth-order valence-corrected chi connectivity index (χ4v) is 2.98. The summed E-state index contributed by atoms with van der Waals surface area (Å²) in [5, 5.41) is 0.661. The topological polar surface area (TPSA) is 46.1 Å². The lowest BCUT2D eigenvalue weighted by Gasteiger charge is -2.28. The Morgan fingerprint density at radius 2 is 1.91 bits per heavy atom. The van der Waals surface area contributed by atoms with Crippen LogP contribution < -0.4 is 0 Å². The largest absolute Gasteiger partial charge is 0.328 e. The molecule has 0 unspecified atom stereocenters. The number of amides is 1. The predicted octanol–water partition coefficient (Wildman–Crippen LogP) is 3.79. The Labute approximate surface area is 140 Å². The van der Waals surface area contributed by atoms with Crippen LogP contribution in [0.5, 0.6) is 0 Å². The van der Waals surface area contributed by atoms with Gasteiger partial charge >= 0.3 is 0 Å². The number of benzene rings is 1. The normalized spacial score (nSPS) is 15.1. The number of allylic oxidation sites excluding steroid dienone is 1. The van der Waals surface area contributed by atoms with Crippen molar-refractivity contribution in [1.29, 1.82) is 0 Å². The first kappa shape index (κ1) is 15.7. The third kappa shape index (κ3) is 3.42. The molecule has 0 radical (unpaired) electrons. The first-order valence-electron chi connectivity index (χ1n) is 7.65. The van der Waals surface area contributed by atoms with E-state index in [0.717, 1.165) is 30.4 Å². The van der Waals surface area contributed by atoms with Gasteiger partial charge in [-0.2, -0.15) is 0 Å². The van der Waals surface area contributed by atoms with Crippen molar-refractivity contribution in [3.8, 4) is 0 Å². The van der Waals surface area contributed by atoms with Crippen LogP contribution in [0.25, 0.3) is 0 Å². The van der Waals surface area contributed by atoms with E-state index in [1.807, 2.05) is 30.3 Å². The number of nitrogens with zero attached hydrogens (tertiary/aromatic N) is 3. The zero-order chi connectivity index (χ0) is 16.2. The molecule has 0 aliphatic heterocycles. The summed E-state index contributed by atoms with van der Waals surface area (Å²) in [6.45, 7) is 0. The van der Waals surface area contributed by atoms with Crippen molar-refractivity contribution < 1.29 is 4.79 Å². The molecule has 1 aliphatic rings. The van der Waals surface area contributed by atoms with Crippen LogP contribution in [0.4, 0.5) is 0 Å². The number of rotatable bonds is 4. The standard InChI is InChI=1S/C18H18ClN3O/c1-22(18(23)14-5-2-3-6-14)16(17-20-11-4-12-21-17)13-7-9-15(19)10-8-13/h4-5,7-12,16H,2-3,6H2,1H3/t16-/m0/s1. The zero-order valence-electron chi connectivity index (χ0n) is 12.9. The van der Waals surface area contributed by atoms with Crippen LogP contribution in [-0.4, -0.2) is 27.8 Å². The molecule has 0 saturated carbocycles. The summed E-state index contributed by atoms with van der Waals surface area (Å²) in [4.78, 5) is 23.2. The molecule has 0 N–H and O–H groups in total. The Morgan fingerprint density at radius 3 is 2.52 bits per heavy atom. The number of likely N-dealkylation sites (N-methyl/N-ethyl adjacent to an activating group) is 1. The number of hydrogen-bond donors (Lipinski definition) is 0. The first-order valence-corrected chi connectivity index (χ1v) is 8.03. The van der Waals surface area contributed by atoms with Gasteiger partial charge in [-0.3, -0.25) is 4.79 Å². The van der Waals surface area contributed by atoms with Gasteiger partial charge in [0.2, 0.25) is 5.91 Å². The lowest BCUT2D eigenvalue weighted by Crippen LogP contribution is -2.33. The molecule has 1 aliphatic carbocycles. The molecule has 1 amide bonds. The fraction of sp³-hybridized carbons (Fsp3) is 0.278. The van der Waals surface area contributed by atoms with Gasteiger partial charge in [-0.15, -0.1) is 0 Å². The predicted molar refractivity (Wildman–Crippen MR) is 90.0 cm³/mol. The van der Waals surface area contributed by atoms with Gasteiger partial charge in [0.1, 0.15) is 6.04 Å². The maximum atomic E-state index is 12.8. The fourth-order valence-electron chi connectivity index (χ4n) is 2.85. The van der Waals surface area contributed by atoms with Gasteiger partial charge in [-0.25, -0.2) is 9.97 Å². The highest BCUT2D eigenvalue weighted by Gasteiger charge is 2.28. The van der Waals surface area contributed by atoms with Crippen molar-refractivity contribution in [2.24, 2.45) is 0 Å². The van der Waals surface area contributed by atoms with Gasteiger partial charge in [0.15, 0.2) is 5.82 Å². The number of aromatic nitrogens is 2.